The number of hydrogen-bond donors (Lipinski definition) is 2. The minimum absolute atomic E-state index is 0.0633. The van der Waals surface area contributed by atoms with Crippen LogP contribution in [-0.4, -0.2) is 30.3 Å². The predicted octanol–water partition coefficient (Wildman–Crippen LogP) is 3.70. The molecule has 0 heterocycles. The van der Waals surface area contributed by atoms with Gasteiger partial charge in [0, 0.05) is 18.6 Å². The van der Waals surface area contributed by atoms with Crippen LogP contribution in [0.3, 0.4) is 0 Å². The fourth-order valence-electron chi connectivity index (χ4n) is 4.67. The van der Waals surface area contributed by atoms with Crippen molar-refractivity contribution in [3.63, 3.8) is 0 Å². The Morgan fingerprint density at radius 3 is 2.45 bits per heavy atom. The van der Waals surface area contributed by atoms with Crippen LogP contribution in [0.5, 0.6) is 0 Å². The molecule has 0 radical (unpaired) electrons. The van der Waals surface area contributed by atoms with Gasteiger partial charge in [-0.2, -0.15) is 0 Å². The molecule has 2 aliphatic carbocycles. The number of hydrogen-bond acceptors (Lipinski definition) is 3. The highest BCUT2D eigenvalue weighted by Gasteiger charge is 2.58. The highest BCUT2D eigenvalue weighted by atomic mass is 16.6. The second-order valence-corrected chi connectivity index (χ2v) is 9.30. The zero-order valence-corrected chi connectivity index (χ0v) is 15.4. The molecule has 4 heteroatoms. The van der Waals surface area contributed by atoms with Gasteiger partial charge < -0.3 is 15.4 Å². The van der Waals surface area contributed by atoms with Crippen LogP contribution in [-0.2, 0) is 4.74 Å². The van der Waals surface area contributed by atoms with Gasteiger partial charge in [0.25, 0.3) is 0 Å². The fraction of sp³-hybridized carbons (Fsp3) is 0.944. The van der Waals surface area contributed by atoms with Gasteiger partial charge >= 0.3 is 6.09 Å². The number of nitrogens with one attached hydrogen (secondary N) is 2. The second-order valence-electron chi connectivity index (χ2n) is 9.30. The van der Waals surface area contributed by atoms with Gasteiger partial charge in [0.1, 0.15) is 5.60 Å². The van der Waals surface area contributed by atoms with Crippen molar-refractivity contribution in [3.8, 4) is 0 Å². The Balaban J connectivity index is 1.84. The molecule has 4 nitrogen and oxygen atoms in total. The van der Waals surface area contributed by atoms with Crippen molar-refractivity contribution in [2.75, 3.05) is 6.54 Å². The molecule has 2 bridgehead atoms. The van der Waals surface area contributed by atoms with E-state index in [2.05, 4.69) is 31.4 Å². The van der Waals surface area contributed by atoms with E-state index < -0.39 is 5.60 Å². The Labute approximate surface area is 135 Å². The molecule has 0 saturated heterocycles. The Kier molecular flexibility index (Phi) is 4.55. The third kappa shape index (κ3) is 3.58. The first-order chi connectivity index (χ1) is 9.94. The van der Waals surface area contributed by atoms with E-state index in [1.807, 2.05) is 27.7 Å². The molecule has 2 aliphatic rings. The van der Waals surface area contributed by atoms with E-state index in [9.17, 15) is 4.79 Å². The maximum atomic E-state index is 11.8. The number of ether oxygens (including phenoxy) is 1. The number of alkyl carbamates (subject to hydrolysis) is 1. The van der Waals surface area contributed by atoms with E-state index in [4.69, 9.17) is 4.74 Å². The molecule has 0 spiro atoms. The molecule has 2 saturated carbocycles. The highest BCUT2D eigenvalue weighted by molar-refractivity contribution is 5.68. The summed E-state index contributed by atoms with van der Waals surface area (Å²) in [5.74, 6) is 0.837. The van der Waals surface area contributed by atoms with Gasteiger partial charge in [-0.3, -0.25) is 0 Å². The zero-order valence-electron chi connectivity index (χ0n) is 15.4. The summed E-state index contributed by atoms with van der Waals surface area (Å²) in [6.45, 7) is 15.7. The lowest BCUT2D eigenvalue weighted by molar-refractivity contribution is 0.0501. The van der Waals surface area contributed by atoms with E-state index in [0.717, 1.165) is 12.5 Å². The fourth-order valence-corrected chi connectivity index (χ4v) is 4.67. The molecule has 2 fully saturated rings. The van der Waals surface area contributed by atoms with Crippen molar-refractivity contribution in [1.29, 1.82) is 0 Å². The summed E-state index contributed by atoms with van der Waals surface area (Å²) in [6.07, 6.45) is 3.70. The van der Waals surface area contributed by atoms with Crippen molar-refractivity contribution in [3.05, 3.63) is 0 Å². The van der Waals surface area contributed by atoms with Crippen LogP contribution in [0.2, 0.25) is 0 Å². The van der Waals surface area contributed by atoms with E-state index >= 15 is 0 Å². The molecular formula is C18H34N2O2. The number of fused-ring (bicyclic) bond motifs is 2. The predicted molar refractivity (Wildman–Crippen MR) is 89.9 cm³/mol. The average molecular weight is 310 g/mol. The molecule has 2 rings (SSSR count). The lowest BCUT2D eigenvalue weighted by atomic mass is 9.68. The third-order valence-corrected chi connectivity index (χ3v) is 5.66. The molecule has 2 N–H and O–H groups in total. The molecule has 4 unspecified atom stereocenters. The van der Waals surface area contributed by atoms with Crippen LogP contribution < -0.4 is 10.6 Å². The molecule has 128 valence electrons. The lowest BCUT2D eigenvalue weighted by Gasteiger charge is -2.43. The second kappa shape index (κ2) is 5.70. The summed E-state index contributed by atoms with van der Waals surface area (Å²) >= 11 is 0. The minimum atomic E-state index is -0.447. The van der Waals surface area contributed by atoms with E-state index in [1.165, 1.54) is 19.3 Å². The number of carbonyl (C=O) groups excluding carboxylic acids is 1. The minimum Gasteiger partial charge on any atom is -0.444 e. The zero-order chi connectivity index (χ0) is 16.8. The van der Waals surface area contributed by atoms with Crippen LogP contribution in [0, 0.1) is 16.7 Å². The summed E-state index contributed by atoms with van der Waals surface area (Å²) in [6, 6.07) is 0.593. The van der Waals surface area contributed by atoms with Gasteiger partial charge in [-0.15, -0.1) is 0 Å². The topological polar surface area (TPSA) is 50.4 Å². The Bertz CT molecular complexity index is 423. The first kappa shape index (κ1) is 17.6. The van der Waals surface area contributed by atoms with Crippen LogP contribution >= 0.6 is 0 Å². The number of carbonyl (C=O) groups is 1. The smallest absolute Gasteiger partial charge is 0.407 e. The average Bonchev–Trinajstić information content (AvgIpc) is 2.76. The van der Waals surface area contributed by atoms with Gasteiger partial charge in [-0.1, -0.05) is 20.8 Å². The van der Waals surface area contributed by atoms with Crippen molar-refractivity contribution < 1.29 is 9.53 Å². The van der Waals surface area contributed by atoms with Gasteiger partial charge in [-0.25, -0.2) is 4.79 Å². The monoisotopic (exact) mass is 310 g/mol. The largest absolute Gasteiger partial charge is 0.444 e. The van der Waals surface area contributed by atoms with Gasteiger partial charge in [-0.05, 0) is 63.7 Å². The van der Waals surface area contributed by atoms with Crippen molar-refractivity contribution in [2.45, 2.75) is 85.4 Å². The Hall–Kier alpha value is -0.770. The summed E-state index contributed by atoms with van der Waals surface area (Å²) in [7, 11) is 0. The van der Waals surface area contributed by atoms with Crippen LogP contribution in [0.4, 0.5) is 4.79 Å². The number of amides is 1. The van der Waals surface area contributed by atoms with Crippen molar-refractivity contribution >= 4 is 6.09 Å². The van der Waals surface area contributed by atoms with Gasteiger partial charge in [0.2, 0.25) is 0 Å². The van der Waals surface area contributed by atoms with Gasteiger partial charge in [0.05, 0.1) is 0 Å². The summed E-state index contributed by atoms with van der Waals surface area (Å²) in [5, 5.41) is 6.66. The summed E-state index contributed by atoms with van der Waals surface area (Å²) in [4.78, 5) is 11.8. The van der Waals surface area contributed by atoms with Crippen molar-refractivity contribution in [2.24, 2.45) is 16.7 Å². The first-order valence-electron chi connectivity index (χ1n) is 8.67. The maximum absolute atomic E-state index is 11.8. The van der Waals surface area contributed by atoms with Gasteiger partial charge in [0.15, 0.2) is 0 Å². The summed E-state index contributed by atoms with van der Waals surface area (Å²) < 4.78 is 5.31. The Morgan fingerprint density at radius 1 is 1.32 bits per heavy atom. The summed E-state index contributed by atoms with van der Waals surface area (Å²) in [5.41, 5.74) is 0.315. The SMILES string of the molecule is CC(CNC1C2(C)CCC(C2)C1(C)C)NC(=O)OC(C)(C)C. The quantitative estimate of drug-likeness (QED) is 0.832. The van der Waals surface area contributed by atoms with E-state index in [0.29, 0.717) is 16.9 Å². The maximum Gasteiger partial charge on any atom is 0.407 e. The van der Waals surface area contributed by atoms with E-state index in [-0.39, 0.29) is 12.1 Å². The standard InChI is InChI=1S/C18H34N2O2/c1-12(20-15(21)22-16(2,3)4)11-19-14-17(5,6)13-8-9-18(14,7)10-13/h12-14,19H,8-11H2,1-7H3,(H,20,21). The molecule has 1 amide bonds. The molecule has 0 aromatic heterocycles. The molecule has 22 heavy (non-hydrogen) atoms. The third-order valence-electron chi connectivity index (χ3n) is 5.66. The number of rotatable bonds is 4. The Morgan fingerprint density at radius 2 is 1.95 bits per heavy atom. The molecule has 0 aromatic rings. The first-order valence-corrected chi connectivity index (χ1v) is 8.67. The highest BCUT2D eigenvalue weighted by Crippen LogP contribution is 2.62. The van der Waals surface area contributed by atoms with E-state index in [1.54, 1.807) is 0 Å². The molecule has 4 atom stereocenters. The van der Waals surface area contributed by atoms with Crippen LogP contribution in [0.15, 0.2) is 0 Å². The van der Waals surface area contributed by atoms with Crippen molar-refractivity contribution in [1.82, 2.24) is 10.6 Å². The lowest BCUT2D eigenvalue weighted by Crippen LogP contribution is -2.53. The molecule has 0 aromatic carbocycles. The van der Waals surface area contributed by atoms with Crippen LogP contribution in [0.25, 0.3) is 0 Å². The molecular weight excluding hydrogens is 276 g/mol. The normalized spacial score (nSPS) is 34.5. The molecule has 0 aliphatic heterocycles. The van der Waals surface area contributed by atoms with Crippen LogP contribution in [0.1, 0.15) is 67.7 Å².